The van der Waals surface area contributed by atoms with Crippen LogP contribution in [0.1, 0.15) is 77.9 Å². The second kappa shape index (κ2) is 8.18. The number of aromatic hydroxyl groups is 1. The lowest BCUT2D eigenvalue weighted by molar-refractivity contribution is 0.0397. The number of hydrogen-bond acceptors (Lipinski definition) is 4. The van der Waals surface area contributed by atoms with Crippen LogP contribution in [0.15, 0.2) is 60.7 Å². The van der Waals surface area contributed by atoms with E-state index < -0.39 is 11.9 Å². The molecule has 1 N–H and O–H groups in total. The lowest BCUT2D eigenvalue weighted by Gasteiger charge is -2.42. The lowest BCUT2D eigenvalue weighted by Crippen LogP contribution is -2.33. The summed E-state index contributed by atoms with van der Waals surface area (Å²) < 4.78 is 5.07. The zero-order chi connectivity index (χ0) is 24.0. The molecule has 0 bridgehead atoms. The Labute approximate surface area is 195 Å². The van der Waals surface area contributed by atoms with Gasteiger partial charge in [0.2, 0.25) is 0 Å². The molecule has 0 saturated carbocycles. The van der Waals surface area contributed by atoms with Crippen LogP contribution >= 0.6 is 0 Å². The average Bonchev–Trinajstić information content (AvgIpc) is 2.77. The number of phenolic OH excluding ortho intramolecular Hbond substituents is 1. The molecule has 4 heteroatoms. The molecule has 0 atom stereocenters. The monoisotopic (exact) mass is 442 g/mol. The average molecular weight is 443 g/mol. The van der Waals surface area contributed by atoms with E-state index in [9.17, 15) is 14.7 Å². The third-order valence-corrected chi connectivity index (χ3v) is 6.95. The van der Waals surface area contributed by atoms with Crippen LogP contribution in [0.2, 0.25) is 0 Å². The summed E-state index contributed by atoms with van der Waals surface area (Å²) in [4.78, 5) is 24.9. The van der Waals surface area contributed by atoms with Crippen LogP contribution in [0.5, 0.6) is 5.75 Å². The first-order valence-electron chi connectivity index (χ1n) is 11.3. The predicted molar refractivity (Wildman–Crippen MR) is 130 cm³/mol. The molecule has 33 heavy (non-hydrogen) atoms. The van der Waals surface area contributed by atoms with Crippen LogP contribution in [-0.2, 0) is 15.6 Å². The zero-order valence-electron chi connectivity index (χ0n) is 19.9. The van der Waals surface area contributed by atoms with Gasteiger partial charge in [-0.25, -0.2) is 9.59 Å². The van der Waals surface area contributed by atoms with Gasteiger partial charge in [-0.1, -0.05) is 58.0 Å². The molecule has 0 spiro atoms. The maximum absolute atomic E-state index is 12.5. The summed E-state index contributed by atoms with van der Waals surface area (Å²) in [7, 11) is 0. The second-order valence-electron chi connectivity index (χ2n) is 10.3. The maximum Gasteiger partial charge on any atom is 0.346 e. The van der Waals surface area contributed by atoms with Crippen molar-refractivity contribution >= 4 is 11.9 Å². The van der Waals surface area contributed by atoms with Crippen molar-refractivity contribution in [3.8, 4) is 16.9 Å². The molecule has 4 rings (SSSR count). The van der Waals surface area contributed by atoms with Crippen LogP contribution in [-0.4, -0.2) is 17.0 Å². The van der Waals surface area contributed by atoms with Crippen molar-refractivity contribution in [2.24, 2.45) is 0 Å². The first-order chi connectivity index (χ1) is 15.5. The van der Waals surface area contributed by atoms with Crippen molar-refractivity contribution in [1.82, 2.24) is 0 Å². The van der Waals surface area contributed by atoms with Gasteiger partial charge in [-0.3, -0.25) is 0 Å². The van der Waals surface area contributed by atoms with Crippen molar-refractivity contribution in [1.29, 1.82) is 0 Å². The third-order valence-electron chi connectivity index (χ3n) is 6.95. The number of hydrogen-bond donors (Lipinski definition) is 1. The molecule has 0 radical (unpaired) electrons. The number of ether oxygens (including phenoxy) is 1. The Kier molecular flexibility index (Phi) is 5.65. The van der Waals surface area contributed by atoms with E-state index in [-0.39, 0.29) is 22.1 Å². The minimum Gasteiger partial charge on any atom is -0.507 e. The van der Waals surface area contributed by atoms with E-state index in [2.05, 4.69) is 33.8 Å². The molecule has 0 aromatic heterocycles. The van der Waals surface area contributed by atoms with Crippen LogP contribution in [0.4, 0.5) is 0 Å². The van der Waals surface area contributed by atoms with E-state index in [0.717, 1.165) is 29.5 Å². The number of carbonyl (C=O) groups excluding carboxylic acids is 2. The Balaban J connectivity index is 1.61. The molecule has 0 aliphatic heterocycles. The number of esters is 2. The Bertz CT molecular complexity index is 1230. The van der Waals surface area contributed by atoms with Gasteiger partial charge < -0.3 is 9.84 Å². The molecule has 1 aliphatic rings. The van der Waals surface area contributed by atoms with Crippen molar-refractivity contribution < 1.29 is 19.4 Å². The molecule has 4 nitrogen and oxygen atoms in total. The number of phenols is 1. The largest absolute Gasteiger partial charge is 0.507 e. The molecule has 0 heterocycles. The predicted octanol–water partition coefficient (Wildman–Crippen LogP) is 6.71. The van der Waals surface area contributed by atoms with Gasteiger partial charge in [0.15, 0.2) is 0 Å². The van der Waals surface area contributed by atoms with Crippen molar-refractivity contribution in [3.05, 3.63) is 88.5 Å². The lowest BCUT2D eigenvalue weighted by atomic mass is 9.62. The quantitative estimate of drug-likeness (QED) is 0.361. The van der Waals surface area contributed by atoms with Gasteiger partial charge in [0.25, 0.3) is 0 Å². The summed E-state index contributed by atoms with van der Waals surface area (Å²) in [5, 5.41) is 10.8. The summed E-state index contributed by atoms with van der Waals surface area (Å²) in [6.45, 7) is 10.7. The topological polar surface area (TPSA) is 63.6 Å². The Morgan fingerprint density at radius 1 is 0.818 bits per heavy atom. The van der Waals surface area contributed by atoms with Gasteiger partial charge in [-0.2, -0.15) is 0 Å². The van der Waals surface area contributed by atoms with Crippen LogP contribution < -0.4 is 0 Å². The highest BCUT2D eigenvalue weighted by Gasteiger charge is 2.37. The summed E-state index contributed by atoms with van der Waals surface area (Å²) in [6.07, 6.45) is 2.15. The van der Waals surface area contributed by atoms with Gasteiger partial charge in [-0.15, -0.1) is 0 Å². The summed E-state index contributed by atoms with van der Waals surface area (Å²) in [5.41, 5.74) is 5.40. The summed E-state index contributed by atoms with van der Waals surface area (Å²) in [5.74, 6) is -1.14. The fourth-order valence-electron chi connectivity index (χ4n) is 4.62. The minimum atomic E-state index is -0.702. The van der Waals surface area contributed by atoms with Gasteiger partial charge in [0.05, 0.1) is 11.1 Å². The molecule has 3 aromatic rings. The fourth-order valence-corrected chi connectivity index (χ4v) is 4.62. The Morgan fingerprint density at radius 3 is 2.00 bits per heavy atom. The molecule has 0 unspecified atom stereocenters. The first-order valence-corrected chi connectivity index (χ1v) is 11.3. The van der Waals surface area contributed by atoms with Gasteiger partial charge >= 0.3 is 11.9 Å². The highest BCUT2D eigenvalue weighted by atomic mass is 16.6. The van der Waals surface area contributed by atoms with E-state index >= 15 is 0 Å². The molecule has 0 amide bonds. The van der Waals surface area contributed by atoms with Gasteiger partial charge in [0, 0.05) is 5.56 Å². The third kappa shape index (κ3) is 4.30. The minimum absolute atomic E-state index is 0.0120. The van der Waals surface area contributed by atoms with E-state index in [4.69, 9.17) is 4.74 Å². The fraction of sp³-hybridized carbons (Fsp3) is 0.310. The first kappa shape index (κ1) is 22.8. The molecule has 1 aliphatic carbocycles. The highest BCUT2D eigenvalue weighted by molar-refractivity contribution is 6.03. The standard InChI is InChI=1S/C29H30O4/c1-18-8-6-7-9-21(18)27(32)33-26(31)20-12-10-19(11-13-20)22-16-23-24(17-25(22)30)29(4,5)15-14-28(23,2)3/h6-13,16-17,30H,14-15H2,1-5H3. The molecular formula is C29H30O4. The number of fused-ring (bicyclic) bond motifs is 1. The molecule has 0 fully saturated rings. The highest BCUT2D eigenvalue weighted by Crippen LogP contribution is 2.49. The van der Waals surface area contributed by atoms with Crippen LogP contribution in [0.3, 0.4) is 0 Å². The number of benzene rings is 3. The van der Waals surface area contributed by atoms with E-state index in [1.165, 1.54) is 11.1 Å². The van der Waals surface area contributed by atoms with Gasteiger partial charge in [-0.05, 0) is 83.2 Å². The van der Waals surface area contributed by atoms with Crippen molar-refractivity contribution in [2.45, 2.75) is 58.3 Å². The molecule has 0 saturated heterocycles. The Hall–Kier alpha value is -3.40. The number of carbonyl (C=O) groups is 2. The normalized spacial score (nSPS) is 16.0. The van der Waals surface area contributed by atoms with E-state index in [1.54, 1.807) is 49.4 Å². The summed E-state index contributed by atoms with van der Waals surface area (Å²) >= 11 is 0. The zero-order valence-corrected chi connectivity index (χ0v) is 19.9. The van der Waals surface area contributed by atoms with Gasteiger partial charge in [0.1, 0.15) is 5.75 Å². The van der Waals surface area contributed by atoms with Crippen LogP contribution in [0, 0.1) is 6.92 Å². The van der Waals surface area contributed by atoms with Crippen LogP contribution in [0.25, 0.3) is 11.1 Å². The molecule has 3 aromatic carbocycles. The Morgan fingerprint density at radius 2 is 1.39 bits per heavy atom. The maximum atomic E-state index is 12.5. The second-order valence-corrected chi connectivity index (χ2v) is 10.3. The smallest absolute Gasteiger partial charge is 0.346 e. The molecule has 170 valence electrons. The molecular weight excluding hydrogens is 412 g/mol. The van der Waals surface area contributed by atoms with Crippen molar-refractivity contribution in [3.63, 3.8) is 0 Å². The number of rotatable bonds is 3. The number of aryl methyl sites for hydroxylation is 1. The van der Waals surface area contributed by atoms with E-state index in [0.29, 0.717) is 5.56 Å². The summed E-state index contributed by atoms with van der Waals surface area (Å²) in [6, 6.07) is 17.8. The van der Waals surface area contributed by atoms with E-state index in [1.807, 2.05) is 12.1 Å². The van der Waals surface area contributed by atoms with Crippen molar-refractivity contribution in [2.75, 3.05) is 0 Å². The SMILES string of the molecule is Cc1ccccc1C(=O)OC(=O)c1ccc(-c2cc3c(cc2O)C(C)(C)CCC3(C)C)cc1.